The van der Waals surface area contributed by atoms with Crippen LogP contribution >= 0.6 is 0 Å². The van der Waals surface area contributed by atoms with Crippen molar-refractivity contribution in [3.8, 4) is 0 Å². The van der Waals surface area contributed by atoms with Gasteiger partial charge in [-0.25, -0.2) is 14.0 Å². The third-order valence-corrected chi connectivity index (χ3v) is 7.99. The van der Waals surface area contributed by atoms with Crippen molar-refractivity contribution >= 4 is 34.5 Å². The summed E-state index contributed by atoms with van der Waals surface area (Å²) in [5, 5.41) is 16.0. The molecule has 226 valence electrons. The number of carboxylic acid groups (broad SMARTS) is 1. The van der Waals surface area contributed by atoms with E-state index in [-0.39, 0.29) is 23.4 Å². The molecule has 0 aliphatic heterocycles. The molecule has 0 saturated heterocycles. The SMILES string of the molecule is Cc1ccccc1CCC(Nc1ccc2oc(C(=O)O)cc2c1)C(=O)[C@H]1CC[C@H]([C@@H](CF)NC(=O)OC(C)(C)C)CC1. The molecule has 0 bridgehead atoms. The summed E-state index contributed by atoms with van der Waals surface area (Å²) >= 11 is 0. The number of nitrogens with one attached hydrogen (secondary N) is 2. The van der Waals surface area contributed by atoms with E-state index in [1.54, 1.807) is 39.0 Å². The first-order valence-electron chi connectivity index (χ1n) is 14.6. The normalized spacial score (nSPS) is 18.7. The summed E-state index contributed by atoms with van der Waals surface area (Å²) in [6.45, 7) is 6.65. The summed E-state index contributed by atoms with van der Waals surface area (Å²) < 4.78 is 24.6. The number of alkyl carbamates (subject to hydrolysis) is 1. The highest BCUT2D eigenvalue weighted by atomic mass is 19.1. The number of benzene rings is 2. The number of amides is 1. The van der Waals surface area contributed by atoms with Gasteiger partial charge in [-0.05, 0) is 108 Å². The predicted molar refractivity (Wildman–Crippen MR) is 160 cm³/mol. The fourth-order valence-electron chi connectivity index (χ4n) is 5.75. The molecule has 1 aliphatic rings. The lowest BCUT2D eigenvalue weighted by Gasteiger charge is -2.34. The summed E-state index contributed by atoms with van der Waals surface area (Å²) in [4.78, 5) is 37.5. The fourth-order valence-corrected chi connectivity index (χ4v) is 5.75. The van der Waals surface area contributed by atoms with Gasteiger partial charge in [0.2, 0.25) is 5.76 Å². The number of halogens is 1. The van der Waals surface area contributed by atoms with Crippen LogP contribution in [0.25, 0.3) is 11.0 Å². The summed E-state index contributed by atoms with van der Waals surface area (Å²) in [5.74, 6) is -1.43. The fraction of sp³-hybridized carbons (Fsp3) is 0.485. The summed E-state index contributed by atoms with van der Waals surface area (Å²) in [5.41, 5.74) is 2.84. The Morgan fingerprint density at radius 3 is 2.43 bits per heavy atom. The molecule has 1 saturated carbocycles. The third kappa shape index (κ3) is 8.11. The molecule has 1 aliphatic carbocycles. The van der Waals surface area contributed by atoms with Gasteiger partial charge >= 0.3 is 12.1 Å². The molecule has 42 heavy (non-hydrogen) atoms. The molecule has 1 fully saturated rings. The number of hydrogen-bond acceptors (Lipinski definition) is 6. The number of hydrogen-bond donors (Lipinski definition) is 3. The van der Waals surface area contributed by atoms with E-state index in [0.29, 0.717) is 55.2 Å². The second-order valence-electron chi connectivity index (χ2n) is 12.3. The first-order chi connectivity index (χ1) is 19.9. The van der Waals surface area contributed by atoms with E-state index in [1.807, 2.05) is 12.1 Å². The maximum absolute atomic E-state index is 13.9. The minimum Gasteiger partial charge on any atom is -0.475 e. The van der Waals surface area contributed by atoms with Gasteiger partial charge in [0, 0.05) is 17.0 Å². The van der Waals surface area contributed by atoms with Crippen molar-refractivity contribution in [1.82, 2.24) is 5.32 Å². The second-order valence-corrected chi connectivity index (χ2v) is 12.3. The smallest absolute Gasteiger partial charge is 0.407 e. The highest BCUT2D eigenvalue weighted by Gasteiger charge is 2.35. The van der Waals surface area contributed by atoms with Crippen molar-refractivity contribution in [2.75, 3.05) is 12.0 Å². The van der Waals surface area contributed by atoms with E-state index in [4.69, 9.17) is 9.15 Å². The number of carboxylic acids is 1. The average molecular weight is 581 g/mol. The van der Waals surface area contributed by atoms with E-state index in [2.05, 4.69) is 29.7 Å². The lowest BCUT2D eigenvalue weighted by atomic mass is 9.75. The molecule has 0 radical (unpaired) electrons. The molecule has 3 aromatic rings. The Hall–Kier alpha value is -3.88. The minimum atomic E-state index is -1.14. The van der Waals surface area contributed by atoms with Gasteiger partial charge < -0.3 is 24.9 Å². The highest BCUT2D eigenvalue weighted by molar-refractivity contribution is 5.93. The van der Waals surface area contributed by atoms with E-state index in [9.17, 15) is 23.9 Å². The van der Waals surface area contributed by atoms with Gasteiger partial charge in [-0.1, -0.05) is 24.3 Å². The quantitative estimate of drug-likeness (QED) is 0.222. The Kier molecular flexibility index (Phi) is 9.91. The van der Waals surface area contributed by atoms with Crippen LogP contribution in [0, 0.1) is 18.8 Å². The van der Waals surface area contributed by atoms with Crippen LogP contribution in [0.2, 0.25) is 0 Å². The lowest BCUT2D eigenvalue weighted by Crippen LogP contribution is -2.46. The number of furan rings is 1. The summed E-state index contributed by atoms with van der Waals surface area (Å²) in [6, 6.07) is 13.8. The number of Topliss-reactive ketones (excluding diaryl/α,β-unsaturated/α-hetero) is 1. The predicted octanol–water partition coefficient (Wildman–Crippen LogP) is 7.09. The Labute approximate surface area is 246 Å². The average Bonchev–Trinajstić information content (AvgIpc) is 3.37. The molecule has 9 heteroatoms. The van der Waals surface area contributed by atoms with Crippen LogP contribution in [0.5, 0.6) is 0 Å². The maximum Gasteiger partial charge on any atom is 0.407 e. The van der Waals surface area contributed by atoms with Crippen molar-refractivity contribution in [2.24, 2.45) is 11.8 Å². The topological polar surface area (TPSA) is 118 Å². The van der Waals surface area contributed by atoms with Crippen LogP contribution < -0.4 is 10.6 Å². The number of anilines is 1. The van der Waals surface area contributed by atoms with Gasteiger partial charge in [0.25, 0.3) is 0 Å². The van der Waals surface area contributed by atoms with Crippen LogP contribution in [0.3, 0.4) is 0 Å². The van der Waals surface area contributed by atoms with E-state index in [1.165, 1.54) is 17.2 Å². The number of aryl methyl sites for hydroxylation is 2. The van der Waals surface area contributed by atoms with Gasteiger partial charge in [-0.15, -0.1) is 0 Å². The van der Waals surface area contributed by atoms with Gasteiger partial charge in [0.1, 0.15) is 17.9 Å². The van der Waals surface area contributed by atoms with Crippen molar-refractivity contribution < 1.29 is 33.0 Å². The van der Waals surface area contributed by atoms with Crippen molar-refractivity contribution in [1.29, 1.82) is 0 Å². The Balaban J connectivity index is 1.45. The molecular weight excluding hydrogens is 539 g/mol. The number of rotatable bonds is 11. The zero-order chi connectivity index (χ0) is 30.4. The molecule has 1 aromatic heterocycles. The van der Waals surface area contributed by atoms with Gasteiger partial charge in [0.05, 0.1) is 12.1 Å². The number of carbonyl (C=O) groups is 3. The van der Waals surface area contributed by atoms with Crippen molar-refractivity contribution in [3.63, 3.8) is 0 Å². The minimum absolute atomic E-state index is 0.0723. The molecule has 1 heterocycles. The molecular formula is C33H41FN2O6. The van der Waals surface area contributed by atoms with Crippen molar-refractivity contribution in [3.05, 3.63) is 65.4 Å². The van der Waals surface area contributed by atoms with Crippen LogP contribution in [0.4, 0.5) is 14.9 Å². The molecule has 3 N–H and O–H groups in total. The largest absolute Gasteiger partial charge is 0.475 e. The van der Waals surface area contributed by atoms with E-state index >= 15 is 0 Å². The van der Waals surface area contributed by atoms with E-state index in [0.717, 1.165) is 0 Å². The number of carbonyl (C=O) groups excluding carboxylic acids is 2. The Bertz CT molecular complexity index is 1400. The zero-order valence-electron chi connectivity index (χ0n) is 24.7. The molecule has 8 nitrogen and oxygen atoms in total. The molecule has 0 spiro atoms. The molecule has 2 aromatic carbocycles. The monoisotopic (exact) mass is 580 g/mol. The Morgan fingerprint density at radius 2 is 1.79 bits per heavy atom. The maximum atomic E-state index is 13.9. The molecule has 1 unspecified atom stereocenters. The molecule has 4 rings (SSSR count). The van der Waals surface area contributed by atoms with Crippen LogP contribution in [0.15, 0.2) is 52.9 Å². The summed E-state index contributed by atoms with van der Waals surface area (Å²) in [6.07, 6.45) is 3.15. The van der Waals surface area contributed by atoms with Gasteiger partial charge in [-0.2, -0.15) is 0 Å². The van der Waals surface area contributed by atoms with Crippen molar-refractivity contribution in [2.45, 2.75) is 83.9 Å². The second kappa shape index (κ2) is 13.4. The molecule has 2 atom stereocenters. The van der Waals surface area contributed by atoms with E-state index < -0.39 is 36.4 Å². The number of aromatic carboxylic acids is 1. The third-order valence-electron chi connectivity index (χ3n) is 7.99. The Morgan fingerprint density at radius 1 is 1.07 bits per heavy atom. The zero-order valence-corrected chi connectivity index (χ0v) is 24.7. The number of ketones is 1. The standard InChI is InChI=1S/C33H41FN2O6/c1-20-7-5-6-8-21(20)13-15-26(35-25-14-16-28-24(17-25)18-29(41-28)31(38)39)30(37)23-11-9-22(10-12-23)27(19-34)36-32(40)42-33(2,3)4/h5-8,14,16-18,22-23,26-27,35H,9-13,15,19H2,1-4H3,(H,36,40)(H,38,39)/t22-,23-,26?,27-/m1/s1. The van der Waals surface area contributed by atoms with Gasteiger partial charge in [0.15, 0.2) is 5.78 Å². The first-order valence-corrected chi connectivity index (χ1v) is 14.6. The number of alkyl halides is 1. The first kappa shape index (κ1) is 31.1. The van der Waals surface area contributed by atoms with Crippen LogP contribution in [0.1, 0.15) is 74.6 Å². The molecule has 1 amide bonds. The summed E-state index contributed by atoms with van der Waals surface area (Å²) in [7, 11) is 0. The number of fused-ring (bicyclic) bond motifs is 1. The van der Waals surface area contributed by atoms with Crippen LogP contribution in [-0.2, 0) is 16.0 Å². The van der Waals surface area contributed by atoms with Gasteiger partial charge in [-0.3, -0.25) is 4.79 Å². The lowest BCUT2D eigenvalue weighted by molar-refractivity contribution is -0.125. The number of ether oxygens (including phenoxy) is 1. The van der Waals surface area contributed by atoms with Crippen LogP contribution in [-0.4, -0.2) is 47.3 Å². The highest BCUT2D eigenvalue weighted by Crippen LogP contribution is 2.34.